The Labute approximate surface area is 159 Å². The van der Waals surface area contributed by atoms with Crippen LogP contribution in [0.25, 0.3) is 0 Å². The lowest BCUT2D eigenvalue weighted by molar-refractivity contribution is 0.101. The van der Waals surface area contributed by atoms with E-state index in [9.17, 15) is 9.59 Å². The number of benzene rings is 2. The van der Waals surface area contributed by atoms with Crippen molar-refractivity contribution in [3.05, 3.63) is 75.5 Å². The Hall–Kier alpha value is -2.83. The number of hydrogen-bond acceptors (Lipinski definition) is 4. The quantitative estimate of drug-likeness (QED) is 0.671. The molecule has 2 amide bonds. The van der Waals surface area contributed by atoms with Crippen molar-refractivity contribution in [2.24, 2.45) is 0 Å². The predicted octanol–water partition coefficient (Wildman–Crippen LogP) is 4.79. The Bertz CT molecular complexity index is 968. The highest BCUT2D eigenvalue weighted by molar-refractivity contribution is 6.36. The lowest BCUT2D eigenvalue weighted by Gasteiger charge is -2.08. The van der Waals surface area contributed by atoms with Gasteiger partial charge in [-0.05, 0) is 49.4 Å². The molecule has 26 heavy (non-hydrogen) atoms. The van der Waals surface area contributed by atoms with Gasteiger partial charge < -0.3 is 15.2 Å². The van der Waals surface area contributed by atoms with Crippen molar-refractivity contribution in [1.82, 2.24) is 5.16 Å². The third-order valence-corrected chi connectivity index (χ3v) is 4.01. The molecule has 0 saturated heterocycles. The molecule has 0 atom stereocenters. The Morgan fingerprint density at radius 2 is 1.54 bits per heavy atom. The van der Waals surface area contributed by atoms with Gasteiger partial charge in [-0.1, -0.05) is 28.4 Å². The first kappa shape index (κ1) is 18.0. The number of carbonyl (C=O) groups is 2. The SMILES string of the molecule is Cc1cc(NC(=O)c2ccc(C(=O)Nc3ccc(Cl)cc3Cl)cc2)no1. The number of anilines is 2. The van der Waals surface area contributed by atoms with E-state index in [2.05, 4.69) is 15.8 Å². The van der Waals surface area contributed by atoms with E-state index < -0.39 is 0 Å². The molecule has 0 aliphatic carbocycles. The molecule has 0 saturated carbocycles. The van der Waals surface area contributed by atoms with Crippen LogP contribution in [-0.2, 0) is 0 Å². The summed E-state index contributed by atoms with van der Waals surface area (Å²) in [4.78, 5) is 24.4. The molecule has 0 unspecified atom stereocenters. The van der Waals surface area contributed by atoms with Crippen LogP contribution in [0, 0.1) is 6.92 Å². The number of aryl methyl sites for hydroxylation is 1. The van der Waals surface area contributed by atoms with E-state index in [0.29, 0.717) is 38.4 Å². The van der Waals surface area contributed by atoms with Gasteiger partial charge in [0, 0.05) is 22.2 Å². The van der Waals surface area contributed by atoms with Gasteiger partial charge in [0.25, 0.3) is 11.8 Å². The molecule has 0 fully saturated rings. The highest BCUT2D eigenvalue weighted by Gasteiger charge is 2.12. The van der Waals surface area contributed by atoms with E-state index in [-0.39, 0.29) is 11.8 Å². The number of hydrogen-bond donors (Lipinski definition) is 2. The van der Waals surface area contributed by atoms with E-state index >= 15 is 0 Å². The maximum Gasteiger partial charge on any atom is 0.256 e. The molecule has 1 aromatic heterocycles. The number of halogens is 2. The first-order chi connectivity index (χ1) is 12.4. The molecule has 8 heteroatoms. The third kappa shape index (κ3) is 4.22. The maximum absolute atomic E-state index is 12.3. The summed E-state index contributed by atoms with van der Waals surface area (Å²) < 4.78 is 4.89. The molecule has 3 aromatic rings. The van der Waals surface area contributed by atoms with E-state index in [1.807, 2.05) is 0 Å². The minimum absolute atomic E-state index is 0.326. The van der Waals surface area contributed by atoms with Gasteiger partial charge in [0.15, 0.2) is 5.82 Å². The van der Waals surface area contributed by atoms with Gasteiger partial charge >= 0.3 is 0 Å². The van der Waals surface area contributed by atoms with E-state index in [4.69, 9.17) is 27.7 Å². The van der Waals surface area contributed by atoms with Gasteiger partial charge in [-0.25, -0.2) is 0 Å². The monoisotopic (exact) mass is 389 g/mol. The Balaban J connectivity index is 1.68. The van der Waals surface area contributed by atoms with Crippen LogP contribution in [0.5, 0.6) is 0 Å². The van der Waals surface area contributed by atoms with Crippen molar-refractivity contribution in [1.29, 1.82) is 0 Å². The minimum Gasteiger partial charge on any atom is -0.360 e. The van der Waals surface area contributed by atoms with Gasteiger partial charge in [-0.2, -0.15) is 0 Å². The van der Waals surface area contributed by atoms with Crippen LogP contribution in [0.2, 0.25) is 10.0 Å². The van der Waals surface area contributed by atoms with Crippen LogP contribution in [0.3, 0.4) is 0 Å². The van der Waals surface area contributed by atoms with Crippen LogP contribution in [0.4, 0.5) is 11.5 Å². The molecular formula is C18H13Cl2N3O3. The second-order valence-corrected chi connectivity index (χ2v) is 6.28. The number of rotatable bonds is 4. The van der Waals surface area contributed by atoms with Gasteiger partial charge in [-0.15, -0.1) is 0 Å². The average Bonchev–Trinajstić information content (AvgIpc) is 3.02. The largest absolute Gasteiger partial charge is 0.360 e. The molecule has 0 spiro atoms. The molecule has 0 bridgehead atoms. The van der Waals surface area contributed by atoms with Crippen LogP contribution in [0.15, 0.2) is 53.1 Å². The van der Waals surface area contributed by atoms with Crippen LogP contribution in [0.1, 0.15) is 26.5 Å². The number of nitrogens with zero attached hydrogens (tertiary/aromatic N) is 1. The summed E-state index contributed by atoms with van der Waals surface area (Å²) in [5.41, 5.74) is 1.21. The highest BCUT2D eigenvalue weighted by Crippen LogP contribution is 2.25. The summed E-state index contributed by atoms with van der Waals surface area (Å²) in [5, 5.41) is 9.81. The Kier molecular flexibility index (Phi) is 5.25. The van der Waals surface area contributed by atoms with Gasteiger partial charge in [-0.3, -0.25) is 9.59 Å². The number of aromatic nitrogens is 1. The van der Waals surface area contributed by atoms with Gasteiger partial charge in [0.05, 0.1) is 10.7 Å². The summed E-state index contributed by atoms with van der Waals surface area (Å²) in [6, 6.07) is 12.6. The third-order valence-electron chi connectivity index (χ3n) is 3.46. The molecule has 132 valence electrons. The van der Waals surface area contributed by atoms with E-state index in [1.54, 1.807) is 49.4 Å². The van der Waals surface area contributed by atoms with Crippen LogP contribution < -0.4 is 10.6 Å². The predicted molar refractivity (Wildman–Crippen MR) is 100 cm³/mol. The van der Waals surface area contributed by atoms with E-state index in [0.717, 1.165) is 0 Å². The van der Waals surface area contributed by atoms with Crippen LogP contribution >= 0.6 is 23.2 Å². The summed E-state index contributed by atoms with van der Waals surface area (Å²) >= 11 is 11.9. The van der Waals surface area contributed by atoms with Crippen molar-refractivity contribution in [2.75, 3.05) is 10.6 Å². The first-order valence-corrected chi connectivity index (χ1v) is 8.29. The zero-order valence-corrected chi connectivity index (χ0v) is 15.1. The molecule has 0 aliphatic heterocycles. The molecule has 1 heterocycles. The summed E-state index contributed by atoms with van der Waals surface area (Å²) in [5.74, 6) is 0.208. The van der Waals surface area contributed by atoms with E-state index in [1.165, 1.54) is 6.07 Å². The number of carbonyl (C=O) groups excluding carboxylic acids is 2. The number of nitrogens with one attached hydrogen (secondary N) is 2. The fraction of sp³-hybridized carbons (Fsp3) is 0.0556. The second kappa shape index (κ2) is 7.59. The Morgan fingerprint density at radius 3 is 2.08 bits per heavy atom. The number of amides is 2. The minimum atomic E-state index is -0.356. The zero-order chi connectivity index (χ0) is 18.7. The maximum atomic E-state index is 12.3. The van der Waals surface area contributed by atoms with Crippen molar-refractivity contribution in [2.45, 2.75) is 6.92 Å². The fourth-order valence-electron chi connectivity index (χ4n) is 2.17. The van der Waals surface area contributed by atoms with Gasteiger partial charge in [0.2, 0.25) is 0 Å². The molecule has 3 rings (SSSR count). The first-order valence-electron chi connectivity index (χ1n) is 7.53. The molecule has 2 aromatic carbocycles. The zero-order valence-electron chi connectivity index (χ0n) is 13.5. The normalized spacial score (nSPS) is 10.4. The average molecular weight is 390 g/mol. The molecular weight excluding hydrogens is 377 g/mol. The molecule has 2 N–H and O–H groups in total. The van der Waals surface area contributed by atoms with Crippen molar-refractivity contribution in [3.63, 3.8) is 0 Å². The smallest absolute Gasteiger partial charge is 0.256 e. The highest BCUT2D eigenvalue weighted by atomic mass is 35.5. The summed E-state index contributed by atoms with van der Waals surface area (Å²) in [6.07, 6.45) is 0. The molecule has 0 radical (unpaired) electrons. The van der Waals surface area contributed by atoms with Crippen molar-refractivity contribution < 1.29 is 14.1 Å². The lowest BCUT2D eigenvalue weighted by atomic mass is 10.1. The van der Waals surface area contributed by atoms with Crippen molar-refractivity contribution in [3.8, 4) is 0 Å². The van der Waals surface area contributed by atoms with Crippen LogP contribution in [-0.4, -0.2) is 17.0 Å². The standard InChI is InChI=1S/C18H13Cl2N3O3/c1-10-8-16(23-26-10)22-18(25)12-4-2-11(3-5-12)17(24)21-15-7-6-13(19)9-14(15)20/h2-9H,1H3,(H,21,24)(H,22,23,25). The molecule has 6 nitrogen and oxygen atoms in total. The topological polar surface area (TPSA) is 84.2 Å². The second-order valence-electron chi connectivity index (χ2n) is 5.43. The fourth-order valence-corrected chi connectivity index (χ4v) is 2.63. The molecule has 0 aliphatic rings. The summed E-state index contributed by atoms with van der Waals surface area (Å²) in [7, 11) is 0. The Morgan fingerprint density at radius 1 is 0.923 bits per heavy atom. The lowest BCUT2D eigenvalue weighted by Crippen LogP contribution is -2.14. The van der Waals surface area contributed by atoms with Crippen molar-refractivity contribution >= 4 is 46.5 Å². The summed E-state index contributed by atoms with van der Waals surface area (Å²) in [6.45, 7) is 1.73. The van der Waals surface area contributed by atoms with Gasteiger partial charge in [0.1, 0.15) is 5.76 Å².